The molecule has 31 heavy (non-hydrogen) atoms. The molecule has 0 fully saturated rings. The van der Waals surface area contributed by atoms with E-state index in [1.54, 1.807) is 13.8 Å². The normalized spacial score (nSPS) is 14.3. The maximum Gasteiger partial charge on any atom is 0.350 e. The number of rotatable bonds is 6. The fourth-order valence-electron chi connectivity index (χ4n) is 3.34. The molecule has 0 atom stereocenters. The van der Waals surface area contributed by atoms with Crippen LogP contribution in [0.25, 0.3) is 5.57 Å². The van der Waals surface area contributed by atoms with Crippen molar-refractivity contribution in [3.8, 4) is 5.75 Å². The molecule has 0 radical (unpaired) electrons. The van der Waals surface area contributed by atoms with Crippen LogP contribution in [0.3, 0.4) is 0 Å². The summed E-state index contributed by atoms with van der Waals surface area (Å²) in [5.74, 6) is 0.269. The predicted molar refractivity (Wildman–Crippen MR) is 130 cm³/mol. The van der Waals surface area contributed by atoms with E-state index in [0.717, 1.165) is 15.6 Å². The Morgan fingerprint density at radius 2 is 1.81 bits per heavy atom. The molecule has 0 bridgehead atoms. The zero-order valence-electron chi connectivity index (χ0n) is 18.4. The van der Waals surface area contributed by atoms with Gasteiger partial charge in [0.05, 0.1) is 6.10 Å². The molecule has 0 aliphatic carbocycles. The van der Waals surface area contributed by atoms with Crippen LogP contribution in [0.1, 0.15) is 50.0 Å². The molecule has 1 aliphatic heterocycles. The van der Waals surface area contributed by atoms with E-state index in [4.69, 9.17) is 9.47 Å². The number of benzene rings is 2. The molecule has 5 nitrogen and oxygen atoms in total. The Hall–Kier alpha value is -2.35. The number of amides is 1. The lowest BCUT2D eigenvalue weighted by atomic mass is 9.98. The minimum Gasteiger partial charge on any atom is -0.476 e. The number of halogens is 1. The largest absolute Gasteiger partial charge is 0.476 e. The van der Waals surface area contributed by atoms with Gasteiger partial charge in [-0.2, -0.15) is 0 Å². The first-order valence-corrected chi connectivity index (χ1v) is 11.5. The van der Waals surface area contributed by atoms with E-state index >= 15 is 0 Å². The molecule has 0 spiro atoms. The van der Waals surface area contributed by atoms with Crippen molar-refractivity contribution in [2.45, 2.75) is 45.8 Å². The Bertz CT molecular complexity index is 979. The lowest BCUT2D eigenvalue weighted by Crippen LogP contribution is -2.40. The molecule has 0 saturated carbocycles. The van der Waals surface area contributed by atoms with Crippen molar-refractivity contribution in [3.05, 3.63) is 69.3 Å². The highest BCUT2D eigenvalue weighted by Gasteiger charge is 2.32. The van der Waals surface area contributed by atoms with Gasteiger partial charge in [0, 0.05) is 22.2 Å². The molecule has 2 aromatic rings. The third kappa shape index (κ3) is 6.09. The maximum absolute atomic E-state index is 12.7. The first kappa shape index (κ1) is 23.3. The van der Waals surface area contributed by atoms with Gasteiger partial charge >= 0.3 is 5.97 Å². The monoisotopic (exact) mass is 533 g/mol. The molecule has 6 heteroatoms. The number of nitrogens with zero attached hydrogens (tertiary/aromatic N) is 1. The molecule has 1 amide bonds. The second-order valence-electron chi connectivity index (χ2n) is 8.33. The molecule has 164 valence electrons. The maximum atomic E-state index is 12.7. The van der Waals surface area contributed by atoms with Crippen molar-refractivity contribution in [1.29, 1.82) is 0 Å². The van der Waals surface area contributed by atoms with Crippen molar-refractivity contribution in [2.24, 2.45) is 0 Å². The topological polar surface area (TPSA) is 55.8 Å². The van der Waals surface area contributed by atoms with E-state index in [1.807, 2.05) is 67.3 Å². The average Bonchev–Trinajstić information content (AvgIpc) is 2.73. The van der Waals surface area contributed by atoms with Gasteiger partial charge in [0.25, 0.3) is 5.91 Å². The van der Waals surface area contributed by atoms with Crippen molar-refractivity contribution in [2.75, 3.05) is 13.1 Å². The number of carbonyl (C=O) groups excluding carboxylic acids is 2. The summed E-state index contributed by atoms with van der Waals surface area (Å²) in [6, 6.07) is 15.3. The van der Waals surface area contributed by atoms with E-state index in [-0.39, 0.29) is 12.0 Å². The van der Waals surface area contributed by atoms with Crippen LogP contribution in [-0.4, -0.2) is 41.6 Å². The Labute approximate surface area is 197 Å². The first-order valence-electron chi connectivity index (χ1n) is 10.4. The van der Waals surface area contributed by atoms with Crippen molar-refractivity contribution >= 4 is 40.0 Å². The summed E-state index contributed by atoms with van der Waals surface area (Å²) in [6.45, 7) is 8.27. The van der Waals surface area contributed by atoms with Crippen molar-refractivity contribution in [1.82, 2.24) is 4.90 Å². The Morgan fingerprint density at radius 3 is 2.42 bits per heavy atom. The fourth-order valence-corrected chi connectivity index (χ4v) is 3.70. The number of esters is 1. The summed E-state index contributed by atoms with van der Waals surface area (Å²) in [7, 11) is 0. The lowest BCUT2D eigenvalue weighted by molar-refractivity contribution is -0.163. The van der Waals surface area contributed by atoms with E-state index < -0.39 is 11.6 Å². The fraction of sp³-hybridized carbons (Fsp3) is 0.360. The van der Waals surface area contributed by atoms with Gasteiger partial charge in [0.15, 0.2) is 5.60 Å². The Morgan fingerprint density at radius 1 is 1.10 bits per heavy atom. The highest BCUT2D eigenvalue weighted by atomic mass is 127. The van der Waals surface area contributed by atoms with E-state index in [2.05, 4.69) is 28.7 Å². The first-order chi connectivity index (χ1) is 14.7. The molecule has 0 saturated heterocycles. The van der Waals surface area contributed by atoms with Gasteiger partial charge in [0.2, 0.25) is 0 Å². The quantitative estimate of drug-likeness (QED) is 0.372. The highest BCUT2D eigenvalue weighted by Crippen LogP contribution is 2.28. The Balaban J connectivity index is 1.68. The molecule has 1 aliphatic rings. The van der Waals surface area contributed by atoms with Crippen LogP contribution in [0, 0.1) is 3.57 Å². The summed E-state index contributed by atoms with van der Waals surface area (Å²) in [4.78, 5) is 26.9. The second kappa shape index (κ2) is 9.85. The van der Waals surface area contributed by atoms with Crippen LogP contribution in [0.4, 0.5) is 0 Å². The van der Waals surface area contributed by atoms with Crippen molar-refractivity contribution < 1.29 is 19.1 Å². The summed E-state index contributed by atoms with van der Waals surface area (Å²) >= 11 is 2.23. The van der Waals surface area contributed by atoms with Gasteiger partial charge in [-0.3, -0.25) is 4.79 Å². The molecule has 0 unspecified atom stereocenters. The minimum absolute atomic E-state index is 0.0502. The Kier molecular flexibility index (Phi) is 7.41. The molecule has 0 N–H and O–H groups in total. The van der Waals surface area contributed by atoms with Gasteiger partial charge in [0.1, 0.15) is 5.75 Å². The third-order valence-electron chi connectivity index (χ3n) is 5.00. The SMILES string of the molecule is CC(C)OC(=O)C(C)(C)Oc1cccc(C2=CCN(C(=O)c3ccc(I)cc3)CC2)c1. The van der Waals surface area contributed by atoms with E-state index in [0.29, 0.717) is 24.4 Å². The zero-order valence-corrected chi connectivity index (χ0v) is 20.5. The minimum atomic E-state index is -1.08. The number of ether oxygens (including phenoxy) is 2. The predicted octanol–water partition coefficient (Wildman–Crippen LogP) is 5.33. The van der Waals surface area contributed by atoms with Gasteiger partial charge in [-0.15, -0.1) is 0 Å². The second-order valence-corrected chi connectivity index (χ2v) is 9.58. The summed E-state index contributed by atoms with van der Waals surface area (Å²) in [5.41, 5.74) is 1.83. The van der Waals surface area contributed by atoms with Gasteiger partial charge < -0.3 is 14.4 Å². The van der Waals surface area contributed by atoms with Crippen LogP contribution in [-0.2, 0) is 9.53 Å². The average molecular weight is 533 g/mol. The van der Waals surface area contributed by atoms with Crippen LogP contribution in [0.2, 0.25) is 0 Å². The van der Waals surface area contributed by atoms with Gasteiger partial charge in [-0.1, -0.05) is 18.2 Å². The molecule has 2 aromatic carbocycles. The molecule has 0 aromatic heterocycles. The van der Waals surface area contributed by atoms with Gasteiger partial charge in [-0.25, -0.2) is 4.79 Å². The highest BCUT2D eigenvalue weighted by molar-refractivity contribution is 14.1. The number of carbonyl (C=O) groups is 2. The van der Waals surface area contributed by atoms with Crippen LogP contribution in [0.15, 0.2) is 54.6 Å². The molecular weight excluding hydrogens is 505 g/mol. The van der Waals surface area contributed by atoms with Crippen LogP contribution in [0.5, 0.6) is 5.75 Å². The summed E-state index contributed by atoms with van der Waals surface area (Å²) in [5, 5.41) is 0. The lowest BCUT2D eigenvalue weighted by Gasteiger charge is -2.28. The zero-order chi connectivity index (χ0) is 22.6. The summed E-state index contributed by atoms with van der Waals surface area (Å²) in [6.07, 6.45) is 2.66. The number of hydrogen-bond acceptors (Lipinski definition) is 4. The standard InChI is InChI=1S/C25H28INO4/c1-17(2)30-24(29)25(3,4)31-22-7-5-6-20(16-22)18-12-14-27(15-13-18)23(28)19-8-10-21(26)11-9-19/h5-12,16-17H,13-15H2,1-4H3. The van der Waals surface area contributed by atoms with Crippen LogP contribution < -0.4 is 4.74 Å². The number of hydrogen-bond donors (Lipinski definition) is 0. The summed E-state index contributed by atoms with van der Waals surface area (Å²) < 4.78 is 12.4. The third-order valence-corrected chi connectivity index (χ3v) is 5.72. The van der Waals surface area contributed by atoms with E-state index in [9.17, 15) is 9.59 Å². The molecular formula is C25H28INO4. The van der Waals surface area contributed by atoms with Crippen LogP contribution >= 0.6 is 22.6 Å². The van der Waals surface area contributed by atoms with Crippen molar-refractivity contribution in [3.63, 3.8) is 0 Å². The van der Waals surface area contributed by atoms with Gasteiger partial charge in [-0.05, 0) is 104 Å². The molecule has 3 rings (SSSR count). The molecule has 1 heterocycles. The van der Waals surface area contributed by atoms with E-state index in [1.165, 1.54) is 5.57 Å². The smallest absolute Gasteiger partial charge is 0.350 e.